The Morgan fingerprint density at radius 3 is 1.67 bits per heavy atom. The monoisotopic (exact) mass is 215 g/mol. The number of hydrogen-bond acceptors (Lipinski definition) is 1. The molecule has 0 saturated carbocycles. The molecule has 0 saturated heterocycles. The third kappa shape index (κ3) is 10.2. The molecular formula is C14H33N. The Labute approximate surface area is 97.8 Å². The summed E-state index contributed by atoms with van der Waals surface area (Å²) >= 11 is 0. The molecule has 1 nitrogen and oxygen atoms in total. The summed E-state index contributed by atoms with van der Waals surface area (Å²) in [7, 11) is 0. The van der Waals surface area contributed by atoms with E-state index in [0.717, 1.165) is 12.8 Å². The molecule has 0 bridgehead atoms. The molecule has 0 fully saturated rings. The Morgan fingerprint density at radius 1 is 0.867 bits per heavy atom. The van der Waals surface area contributed by atoms with Crippen LogP contribution in [0.1, 0.15) is 80.6 Å². The molecule has 0 spiro atoms. The Hall–Kier alpha value is -0.0400. The molecule has 2 N–H and O–H groups in total. The second-order valence-electron chi connectivity index (χ2n) is 5.42. The lowest BCUT2D eigenvalue weighted by Crippen LogP contribution is -2.37. The van der Waals surface area contributed by atoms with Crippen LogP contribution >= 0.6 is 0 Å². The Bertz CT molecular complexity index is 136. The van der Waals surface area contributed by atoms with Gasteiger partial charge in [0, 0.05) is 5.54 Å². The average Bonchev–Trinajstić information content (AvgIpc) is 2.19. The van der Waals surface area contributed by atoms with Crippen LogP contribution in [0.3, 0.4) is 0 Å². The summed E-state index contributed by atoms with van der Waals surface area (Å²) in [4.78, 5) is 0. The smallest absolute Gasteiger partial charge is 0.0126 e. The first-order valence-electron chi connectivity index (χ1n) is 6.62. The highest BCUT2D eigenvalue weighted by Gasteiger charge is 2.22. The fourth-order valence-corrected chi connectivity index (χ4v) is 1.50. The SMILES string of the molecule is CC.CCCC(C)(N)CCC(C)(C)CC. The van der Waals surface area contributed by atoms with Gasteiger partial charge in [-0.15, -0.1) is 0 Å². The van der Waals surface area contributed by atoms with Crippen molar-refractivity contribution in [3.63, 3.8) is 0 Å². The highest BCUT2D eigenvalue weighted by atomic mass is 14.7. The standard InChI is InChI=1S/C12H27N.C2H6/c1-6-8-12(5,13)10-9-11(3,4)7-2;1-2/h6-10,13H2,1-5H3;1-2H3. The van der Waals surface area contributed by atoms with Crippen LogP contribution in [0.25, 0.3) is 0 Å². The van der Waals surface area contributed by atoms with E-state index in [4.69, 9.17) is 5.73 Å². The Balaban J connectivity index is 0. The van der Waals surface area contributed by atoms with Crippen LogP contribution in [0, 0.1) is 5.41 Å². The van der Waals surface area contributed by atoms with E-state index < -0.39 is 0 Å². The molecule has 0 aromatic rings. The second-order valence-corrected chi connectivity index (χ2v) is 5.42. The van der Waals surface area contributed by atoms with E-state index in [1.54, 1.807) is 0 Å². The second kappa shape index (κ2) is 8.15. The number of hydrogen-bond donors (Lipinski definition) is 1. The maximum absolute atomic E-state index is 6.19. The minimum absolute atomic E-state index is 0.0567. The van der Waals surface area contributed by atoms with Crippen LogP contribution in [-0.2, 0) is 0 Å². The van der Waals surface area contributed by atoms with Gasteiger partial charge in [-0.25, -0.2) is 0 Å². The first-order chi connectivity index (χ1) is 6.83. The van der Waals surface area contributed by atoms with Crippen molar-refractivity contribution >= 4 is 0 Å². The third-order valence-electron chi connectivity index (χ3n) is 3.15. The van der Waals surface area contributed by atoms with Crippen LogP contribution in [0.2, 0.25) is 0 Å². The third-order valence-corrected chi connectivity index (χ3v) is 3.15. The molecule has 0 aliphatic rings. The summed E-state index contributed by atoms with van der Waals surface area (Å²) in [5, 5.41) is 0. The maximum atomic E-state index is 6.19. The lowest BCUT2D eigenvalue weighted by Gasteiger charge is -2.30. The van der Waals surface area contributed by atoms with Crippen LogP contribution < -0.4 is 5.73 Å². The molecule has 0 aromatic carbocycles. The fraction of sp³-hybridized carbons (Fsp3) is 1.00. The predicted octanol–water partition coefficient (Wildman–Crippen LogP) is 4.75. The summed E-state index contributed by atoms with van der Waals surface area (Å²) in [6.45, 7) is 15.3. The van der Waals surface area contributed by atoms with Crippen LogP contribution in [0.5, 0.6) is 0 Å². The first kappa shape index (κ1) is 17.4. The van der Waals surface area contributed by atoms with Gasteiger partial charge in [-0.2, -0.15) is 0 Å². The zero-order chi connectivity index (χ0) is 12.5. The quantitative estimate of drug-likeness (QED) is 0.680. The molecule has 15 heavy (non-hydrogen) atoms. The van der Waals surface area contributed by atoms with Gasteiger partial charge in [-0.3, -0.25) is 0 Å². The van der Waals surface area contributed by atoms with E-state index in [1.165, 1.54) is 19.3 Å². The average molecular weight is 215 g/mol. The van der Waals surface area contributed by atoms with Gasteiger partial charge in [0.25, 0.3) is 0 Å². The van der Waals surface area contributed by atoms with E-state index in [-0.39, 0.29) is 5.54 Å². The van der Waals surface area contributed by atoms with E-state index >= 15 is 0 Å². The van der Waals surface area contributed by atoms with Gasteiger partial charge in [0.1, 0.15) is 0 Å². The van der Waals surface area contributed by atoms with Crippen LogP contribution in [0.15, 0.2) is 0 Å². The van der Waals surface area contributed by atoms with Gasteiger partial charge in [-0.1, -0.05) is 54.4 Å². The van der Waals surface area contributed by atoms with Gasteiger partial charge < -0.3 is 5.73 Å². The molecule has 0 heterocycles. The largest absolute Gasteiger partial charge is 0.325 e. The van der Waals surface area contributed by atoms with Gasteiger partial charge >= 0.3 is 0 Å². The summed E-state index contributed by atoms with van der Waals surface area (Å²) in [6, 6.07) is 0. The van der Waals surface area contributed by atoms with E-state index in [0.29, 0.717) is 5.41 Å². The summed E-state index contributed by atoms with van der Waals surface area (Å²) < 4.78 is 0. The normalized spacial score (nSPS) is 15.2. The lowest BCUT2D eigenvalue weighted by atomic mass is 9.80. The van der Waals surface area contributed by atoms with Crippen molar-refractivity contribution in [2.24, 2.45) is 11.1 Å². The number of nitrogens with two attached hydrogens (primary N) is 1. The van der Waals surface area contributed by atoms with Crippen molar-refractivity contribution in [2.75, 3.05) is 0 Å². The molecule has 94 valence electrons. The highest BCUT2D eigenvalue weighted by Crippen LogP contribution is 2.29. The van der Waals surface area contributed by atoms with Gasteiger partial charge in [0.05, 0.1) is 0 Å². The first-order valence-corrected chi connectivity index (χ1v) is 6.62. The molecule has 0 rings (SSSR count). The molecular weight excluding hydrogens is 182 g/mol. The molecule has 1 unspecified atom stereocenters. The molecule has 0 aliphatic heterocycles. The zero-order valence-corrected chi connectivity index (χ0v) is 12.1. The van der Waals surface area contributed by atoms with Gasteiger partial charge in [-0.05, 0) is 31.6 Å². The Morgan fingerprint density at radius 2 is 1.33 bits per heavy atom. The molecule has 0 amide bonds. The summed E-state index contributed by atoms with van der Waals surface area (Å²) in [5.41, 5.74) is 6.71. The fourth-order valence-electron chi connectivity index (χ4n) is 1.50. The van der Waals surface area contributed by atoms with E-state index in [2.05, 4.69) is 34.6 Å². The summed E-state index contributed by atoms with van der Waals surface area (Å²) in [6.07, 6.45) is 5.99. The molecule has 1 atom stereocenters. The van der Waals surface area contributed by atoms with E-state index in [1.807, 2.05) is 13.8 Å². The van der Waals surface area contributed by atoms with Crippen molar-refractivity contribution in [3.05, 3.63) is 0 Å². The van der Waals surface area contributed by atoms with E-state index in [9.17, 15) is 0 Å². The van der Waals surface area contributed by atoms with Crippen molar-refractivity contribution in [3.8, 4) is 0 Å². The highest BCUT2D eigenvalue weighted by molar-refractivity contribution is 4.81. The van der Waals surface area contributed by atoms with Gasteiger partial charge in [0.15, 0.2) is 0 Å². The minimum atomic E-state index is 0.0567. The molecule has 0 aliphatic carbocycles. The minimum Gasteiger partial charge on any atom is -0.325 e. The topological polar surface area (TPSA) is 26.0 Å². The van der Waals surface area contributed by atoms with Gasteiger partial charge in [0.2, 0.25) is 0 Å². The van der Waals surface area contributed by atoms with Crippen LogP contribution in [-0.4, -0.2) is 5.54 Å². The zero-order valence-electron chi connectivity index (χ0n) is 12.1. The van der Waals surface area contributed by atoms with Crippen molar-refractivity contribution in [1.29, 1.82) is 0 Å². The Kier molecular flexibility index (Phi) is 9.43. The predicted molar refractivity (Wildman–Crippen MR) is 72.2 cm³/mol. The van der Waals surface area contributed by atoms with Crippen LogP contribution in [0.4, 0.5) is 0 Å². The number of rotatable bonds is 6. The van der Waals surface area contributed by atoms with Crippen molar-refractivity contribution < 1.29 is 0 Å². The molecule has 0 aromatic heterocycles. The van der Waals surface area contributed by atoms with Crippen molar-refractivity contribution in [2.45, 2.75) is 86.1 Å². The molecule has 0 radical (unpaired) electrons. The summed E-state index contributed by atoms with van der Waals surface area (Å²) in [5.74, 6) is 0. The molecule has 1 heteroatoms. The van der Waals surface area contributed by atoms with Crippen molar-refractivity contribution in [1.82, 2.24) is 0 Å². The lowest BCUT2D eigenvalue weighted by molar-refractivity contribution is 0.263. The maximum Gasteiger partial charge on any atom is 0.0126 e.